The van der Waals surface area contributed by atoms with Crippen molar-refractivity contribution in [2.45, 2.75) is 38.1 Å². The van der Waals surface area contributed by atoms with Crippen molar-refractivity contribution in [2.75, 3.05) is 19.6 Å². The summed E-state index contributed by atoms with van der Waals surface area (Å²) >= 11 is 0. The van der Waals surface area contributed by atoms with E-state index in [0.717, 1.165) is 5.92 Å². The topological polar surface area (TPSA) is 24.1 Å². The first-order valence-electron chi connectivity index (χ1n) is 5.24. The first-order valence-corrected chi connectivity index (χ1v) is 5.24. The number of nitrogens with one attached hydrogen (secondary N) is 2. The largest absolute Gasteiger partial charge is 0.316 e. The van der Waals surface area contributed by atoms with Crippen LogP contribution >= 0.6 is 0 Å². The normalized spacial score (nSPS) is 28.8. The maximum absolute atomic E-state index is 3.72. The Hall–Kier alpha value is -0.0800. The molecule has 2 N–H and O–H groups in total. The molecule has 0 spiro atoms. The minimum Gasteiger partial charge on any atom is -0.316 e. The molecule has 0 unspecified atom stereocenters. The minimum atomic E-state index is 0.482. The molecule has 2 rings (SSSR count). The SMILES string of the molecule is CC1(NCC2CNC2)CCCC1. The summed E-state index contributed by atoms with van der Waals surface area (Å²) < 4.78 is 0. The van der Waals surface area contributed by atoms with Crippen LogP contribution in [0.5, 0.6) is 0 Å². The molecule has 70 valence electrons. The fourth-order valence-electron chi connectivity index (χ4n) is 2.22. The summed E-state index contributed by atoms with van der Waals surface area (Å²) in [4.78, 5) is 0. The van der Waals surface area contributed by atoms with Crippen LogP contribution in [0.2, 0.25) is 0 Å². The predicted octanol–water partition coefficient (Wildman–Crippen LogP) is 1.13. The highest BCUT2D eigenvalue weighted by atomic mass is 15.0. The van der Waals surface area contributed by atoms with Crippen LogP contribution in [0, 0.1) is 5.92 Å². The van der Waals surface area contributed by atoms with Crippen molar-refractivity contribution in [3.05, 3.63) is 0 Å². The van der Waals surface area contributed by atoms with Gasteiger partial charge >= 0.3 is 0 Å². The van der Waals surface area contributed by atoms with Crippen LogP contribution in [-0.4, -0.2) is 25.2 Å². The van der Waals surface area contributed by atoms with Crippen LogP contribution in [0.15, 0.2) is 0 Å². The third-order valence-corrected chi connectivity index (χ3v) is 3.39. The lowest BCUT2D eigenvalue weighted by Gasteiger charge is -2.33. The summed E-state index contributed by atoms with van der Waals surface area (Å²) in [5, 5.41) is 7.03. The molecule has 0 atom stereocenters. The van der Waals surface area contributed by atoms with E-state index in [4.69, 9.17) is 0 Å². The van der Waals surface area contributed by atoms with E-state index in [9.17, 15) is 0 Å². The van der Waals surface area contributed by atoms with Gasteiger partial charge in [0.15, 0.2) is 0 Å². The Morgan fingerprint density at radius 2 is 2.00 bits per heavy atom. The maximum atomic E-state index is 3.72. The minimum absolute atomic E-state index is 0.482. The van der Waals surface area contributed by atoms with Crippen molar-refractivity contribution < 1.29 is 0 Å². The van der Waals surface area contributed by atoms with Gasteiger partial charge in [0.25, 0.3) is 0 Å². The molecule has 1 saturated carbocycles. The van der Waals surface area contributed by atoms with Gasteiger partial charge < -0.3 is 10.6 Å². The van der Waals surface area contributed by atoms with E-state index in [1.54, 1.807) is 0 Å². The van der Waals surface area contributed by atoms with Gasteiger partial charge in [-0.1, -0.05) is 12.8 Å². The average molecular weight is 168 g/mol. The van der Waals surface area contributed by atoms with Gasteiger partial charge in [0, 0.05) is 25.2 Å². The smallest absolute Gasteiger partial charge is 0.0153 e. The van der Waals surface area contributed by atoms with E-state index in [2.05, 4.69) is 17.6 Å². The Morgan fingerprint density at radius 3 is 2.50 bits per heavy atom. The molecule has 2 heteroatoms. The second-order valence-corrected chi connectivity index (χ2v) is 4.67. The predicted molar refractivity (Wildman–Crippen MR) is 51.2 cm³/mol. The van der Waals surface area contributed by atoms with Crippen molar-refractivity contribution in [2.24, 2.45) is 5.92 Å². The lowest BCUT2D eigenvalue weighted by molar-refractivity contribution is 0.275. The summed E-state index contributed by atoms with van der Waals surface area (Å²) in [7, 11) is 0. The zero-order valence-electron chi connectivity index (χ0n) is 8.03. The van der Waals surface area contributed by atoms with E-state index in [-0.39, 0.29) is 0 Å². The molecule has 1 saturated heterocycles. The average Bonchev–Trinajstić information content (AvgIpc) is 2.33. The highest BCUT2D eigenvalue weighted by molar-refractivity contribution is 4.90. The fraction of sp³-hybridized carbons (Fsp3) is 1.00. The van der Waals surface area contributed by atoms with Gasteiger partial charge in [-0.15, -0.1) is 0 Å². The van der Waals surface area contributed by atoms with E-state index in [0.29, 0.717) is 5.54 Å². The Morgan fingerprint density at radius 1 is 1.33 bits per heavy atom. The molecule has 2 aliphatic rings. The second kappa shape index (κ2) is 3.35. The molecule has 0 amide bonds. The van der Waals surface area contributed by atoms with Crippen LogP contribution in [0.1, 0.15) is 32.6 Å². The molecule has 0 bridgehead atoms. The molecule has 0 aromatic rings. The van der Waals surface area contributed by atoms with Crippen LogP contribution in [-0.2, 0) is 0 Å². The Bertz CT molecular complexity index is 146. The second-order valence-electron chi connectivity index (χ2n) is 4.67. The molecule has 2 fully saturated rings. The zero-order valence-corrected chi connectivity index (χ0v) is 8.03. The summed E-state index contributed by atoms with van der Waals surface area (Å²) in [6.45, 7) is 6.06. The van der Waals surface area contributed by atoms with Gasteiger partial charge in [0.1, 0.15) is 0 Å². The van der Waals surface area contributed by atoms with Crippen LogP contribution < -0.4 is 10.6 Å². The van der Waals surface area contributed by atoms with Crippen molar-refractivity contribution in [3.63, 3.8) is 0 Å². The molecule has 1 aliphatic carbocycles. The van der Waals surface area contributed by atoms with Gasteiger partial charge in [-0.2, -0.15) is 0 Å². The summed E-state index contributed by atoms with van der Waals surface area (Å²) in [5.41, 5.74) is 0.482. The molecule has 1 heterocycles. The lowest BCUT2D eigenvalue weighted by Crippen LogP contribution is -2.51. The van der Waals surface area contributed by atoms with Gasteiger partial charge in [0.05, 0.1) is 0 Å². The van der Waals surface area contributed by atoms with Crippen LogP contribution in [0.3, 0.4) is 0 Å². The van der Waals surface area contributed by atoms with E-state index >= 15 is 0 Å². The van der Waals surface area contributed by atoms with Gasteiger partial charge in [-0.3, -0.25) is 0 Å². The standard InChI is InChI=1S/C10H20N2/c1-10(4-2-3-5-10)12-8-9-6-11-7-9/h9,11-12H,2-8H2,1H3. The molecular formula is C10H20N2. The van der Waals surface area contributed by atoms with Gasteiger partial charge in [-0.25, -0.2) is 0 Å². The number of rotatable bonds is 3. The lowest BCUT2D eigenvalue weighted by atomic mass is 9.97. The number of hydrogen-bond acceptors (Lipinski definition) is 2. The monoisotopic (exact) mass is 168 g/mol. The Labute approximate surface area is 75.1 Å². The van der Waals surface area contributed by atoms with E-state index < -0.39 is 0 Å². The number of hydrogen-bond donors (Lipinski definition) is 2. The molecule has 2 nitrogen and oxygen atoms in total. The summed E-state index contributed by atoms with van der Waals surface area (Å²) in [6.07, 6.45) is 5.61. The molecule has 12 heavy (non-hydrogen) atoms. The highest BCUT2D eigenvalue weighted by Crippen LogP contribution is 2.28. The highest BCUT2D eigenvalue weighted by Gasteiger charge is 2.29. The third-order valence-electron chi connectivity index (χ3n) is 3.39. The van der Waals surface area contributed by atoms with Gasteiger partial charge in [0.2, 0.25) is 0 Å². The van der Waals surface area contributed by atoms with Crippen LogP contribution in [0.25, 0.3) is 0 Å². The Balaban J connectivity index is 1.70. The van der Waals surface area contributed by atoms with E-state index in [1.165, 1.54) is 45.3 Å². The molecular weight excluding hydrogens is 148 g/mol. The maximum Gasteiger partial charge on any atom is 0.0153 e. The van der Waals surface area contributed by atoms with Gasteiger partial charge in [-0.05, 0) is 25.7 Å². The van der Waals surface area contributed by atoms with E-state index in [1.807, 2.05) is 0 Å². The molecule has 0 radical (unpaired) electrons. The molecule has 1 aliphatic heterocycles. The first kappa shape index (κ1) is 8.52. The van der Waals surface area contributed by atoms with Crippen molar-refractivity contribution in [3.8, 4) is 0 Å². The zero-order chi connectivity index (χ0) is 8.44. The molecule has 0 aromatic carbocycles. The van der Waals surface area contributed by atoms with Crippen molar-refractivity contribution in [1.82, 2.24) is 10.6 Å². The summed E-state index contributed by atoms with van der Waals surface area (Å²) in [5.74, 6) is 0.905. The first-order chi connectivity index (χ1) is 5.79. The summed E-state index contributed by atoms with van der Waals surface area (Å²) in [6, 6.07) is 0. The van der Waals surface area contributed by atoms with Crippen molar-refractivity contribution >= 4 is 0 Å². The fourth-order valence-corrected chi connectivity index (χ4v) is 2.22. The Kier molecular flexibility index (Phi) is 2.37. The third kappa shape index (κ3) is 1.80. The van der Waals surface area contributed by atoms with Crippen LogP contribution in [0.4, 0.5) is 0 Å². The molecule has 0 aromatic heterocycles. The van der Waals surface area contributed by atoms with Crippen molar-refractivity contribution in [1.29, 1.82) is 0 Å². The quantitative estimate of drug-likeness (QED) is 0.660.